The molecule has 4 unspecified atom stereocenters. The van der Waals surface area contributed by atoms with Crippen molar-refractivity contribution in [2.75, 3.05) is 28.2 Å². The molecule has 1 saturated carbocycles. The Morgan fingerprint density at radius 2 is 1.27 bits per heavy atom. The maximum atomic E-state index is 2.75. The molecule has 0 aromatic heterocycles. The van der Waals surface area contributed by atoms with Crippen molar-refractivity contribution in [3.63, 3.8) is 0 Å². The second-order valence-corrected chi connectivity index (χ2v) is 42.5. The van der Waals surface area contributed by atoms with Crippen LogP contribution < -0.4 is 0 Å². The monoisotopic (exact) mass is 592 g/mol. The van der Waals surface area contributed by atoms with Crippen LogP contribution in [-0.4, -0.2) is 78.0 Å². The predicted molar refractivity (Wildman–Crippen MR) is 183 cm³/mol. The zero-order chi connectivity index (χ0) is 28.2. The quantitative estimate of drug-likeness (QED) is 0.272. The van der Waals surface area contributed by atoms with Gasteiger partial charge in [-0.2, -0.15) is 0 Å². The Morgan fingerprint density at radius 1 is 0.730 bits per heavy atom. The maximum Gasteiger partial charge on any atom is 0.156 e. The topological polar surface area (TPSA) is 6.48 Å². The summed E-state index contributed by atoms with van der Waals surface area (Å²) in [5.41, 5.74) is 3.36. The zero-order valence-electron chi connectivity index (χ0n) is 27.5. The Morgan fingerprint density at radius 3 is 1.57 bits per heavy atom. The van der Waals surface area contributed by atoms with Gasteiger partial charge in [0.15, 0.2) is 8.24 Å². The fourth-order valence-corrected chi connectivity index (χ4v) is 26.2. The first-order chi connectivity index (χ1) is 16.8. The molecule has 4 rings (SSSR count). The van der Waals surface area contributed by atoms with Gasteiger partial charge in [0, 0.05) is 16.1 Å². The minimum Gasteiger partial charge on any atom is -0.329 e. The Kier molecular flexibility index (Phi) is 9.56. The lowest BCUT2D eigenvalue weighted by atomic mass is 10.2. The van der Waals surface area contributed by atoms with Gasteiger partial charge in [0.25, 0.3) is 0 Å². The standard InChI is InChI=1S/C16H37NSi3.C14H27NSi2/c1-17(2)20(10-9-11-20)16-13-14(18(3,4)5)12-15(16)19(6,7)8;1-12-10-13(16(4,5)6)11-14(12)17(15(2)3)8-7-9-17/h14-16H,9-13H2,1-8H3;10-12H,7-9H2,1-6H3. The number of hydrogen-bond acceptors (Lipinski definition) is 2. The number of nitrogens with zero attached hydrogens (tertiary/aromatic N) is 2. The molecule has 0 bridgehead atoms. The van der Waals surface area contributed by atoms with Crippen molar-refractivity contribution in [1.82, 2.24) is 9.13 Å². The van der Waals surface area contributed by atoms with Gasteiger partial charge in [-0.3, -0.25) is 0 Å². The van der Waals surface area contributed by atoms with Gasteiger partial charge in [-0.05, 0) is 74.9 Å². The van der Waals surface area contributed by atoms with Crippen LogP contribution in [0.5, 0.6) is 0 Å². The molecule has 3 fully saturated rings. The van der Waals surface area contributed by atoms with Crippen LogP contribution in [0.15, 0.2) is 22.5 Å². The van der Waals surface area contributed by atoms with Gasteiger partial charge in [0.2, 0.25) is 0 Å². The van der Waals surface area contributed by atoms with Crippen LogP contribution in [0.3, 0.4) is 0 Å². The Labute approximate surface area is 238 Å². The van der Waals surface area contributed by atoms with Gasteiger partial charge in [-0.15, -0.1) is 0 Å². The molecular weight excluding hydrogens is 529 g/mol. The Bertz CT molecular complexity index is 864. The van der Waals surface area contributed by atoms with E-state index in [1.165, 1.54) is 24.9 Å². The summed E-state index contributed by atoms with van der Waals surface area (Å²) < 4.78 is 5.35. The fraction of sp³-hybridized carbons (Fsp3) is 0.867. The van der Waals surface area contributed by atoms with Crippen molar-refractivity contribution in [1.29, 1.82) is 0 Å². The smallest absolute Gasteiger partial charge is 0.156 e. The first kappa shape index (κ1) is 32.0. The van der Waals surface area contributed by atoms with Crippen molar-refractivity contribution in [3.8, 4) is 0 Å². The van der Waals surface area contributed by atoms with Crippen LogP contribution >= 0.6 is 0 Å². The lowest BCUT2D eigenvalue weighted by Crippen LogP contribution is -2.59. The molecule has 2 aliphatic heterocycles. The highest BCUT2D eigenvalue weighted by atomic mass is 28.3. The summed E-state index contributed by atoms with van der Waals surface area (Å²) in [5.74, 6) is 0.714. The molecule has 4 atom stereocenters. The van der Waals surface area contributed by atoms with E-state index >= 15 is 0 Å². The summed E-state index contributed by atoms with van der Waals surface area (Å²) in [6.45, 7) is 25.6. The molecular formula is C30H64N2Si5. The largest absolute Gasteiger partial charge is 0.329 e. The minimum atomic E-state index is -1.21. The zero-order valence-corrected chi connectivity index (χ0v) is 32.5. The van der Waals surface area contributed by atoms with E-state index in [0.29, 0.717) is 5.92 Å². The van der Waals surface area contributed by atoms with E-state index in [1.807, 2.05) is 5.20 Å². The summed E-state index contributed by atoms with van der Waals surface area (Å²) in [6.07, 6.45) is 11.4. The van der Waals surface area contributed by atoms with Crippen molar-refractivity contribution in [2.45, 2.75) is 132 Å². The molecule has 2 aliphatic carbocycles. The molecule has 4 aliphatic rings. The van der Waals surface area contributed by atoms with Crippen molar-refractivity contribution in [3.05, 3.63) is 22.5 Å². The van der Waals surface area contributed by atoms with Crippen LogP contribution in [0.2, 0.25) is 99.7 Å². The predicted octanol–water partition coefficient (Wildman–Crippen LogP) is 9.29. The van der Waals surface area contributed by atoms with Gasteiger partial charge in [0.1, 0.15) is 8.24 Å². The number of allylic oxidation sites excluding steroid dienone is 4. The van der Waals surface area contributed by atoms with Gasteiger partial charge >= 0.3 is 0 Å². The second kappa shape index (κ2) is 11.0. The average molecular weight is 593 g/mol. The molecule has 0 radical (unpaired) electrons. The number of rotatable bonds is 7. The van der Waals surface area contributed by atoms with Crippen LogP contribution in [-0.2, 0) is 0 Å². The molecule has 0 N–H and O–H groups in total. The molecule has 0 spiro atoms. The lowest BCUT2D eigenvalue weighted by Gasteiger charge is -2.53. The van der Waals surface area contributed by atoms with E-state index in [2.05, 4.69) is 115 Å². The van der Waals surface area contributed by atoms with Crippen LogP contribution in [0, 0.1) is 5.92 Å². The molecule has 214 valence electrons. The Hall–Kier alpha value is 0.484. The normalized spacial score (nSPS) is 31.4. The molecule has 2 heterocycles. The summed E-state index contributed by atoms with van der Waals surface area (Å²) in [5, 5.41) is 3.52. The summed E-state index contributed by atoms with van der Waals surface area (Å²) in [6, 6.07) is 6.18. The van der Waals surface area contributed by atoms with Gasteiger partial charge in [-0.25, -0.2) is 0 Å². The van der Waals surface area contributed by atoms with E-state index in [1.54, 1.807) is 30.1 Å². The van der Waals surface area contributed by atoms with E-state index in [0.717, 1.165) is 16.6 Å². The third-order valence-electron chi connectivity index (χ3n) is 11.4. The fourth-order valence-electron chi connectivity index (χ4n) is 8.22. The van der Waals surface area contributed by atoms with E-state index < -0.39 is 40.7 Å². The summed E-state index contributed by atoms with van der Waals surface area (Å²) >= 11 is 0. The van der Waals surface area contributed by atoms with Crippen LogP contribution in [0.1, 0.15) is 32.6 Å². The first-order valence-corrected chi connectivity index (χ1v) is 31.0. The highest BCUT2D eigenvalue weighted by Gasteiger charge is 2.58. The van der Waals surface area contributed by atoms with Gasteiger partial charge in [0.05, 0.1) is 8.07 Å². The molecule has 2 saturated heterocycles. The molecule has 0 amide bonds. The highest BCUT2D eigenvalue weighted by molar-refractivity contribution is 6.88. The van der Waals surface area contributed by atoms with Gasteiger partial charge in [-0.1, -0.05) is 114 Å². The van der Waals surface area contributed by atoms with Gasteiger partial charge < -0.3 is 9.13 Å². The summed E-state index contributed by atoms with van der Waals surface area (Å²) in [7, 11) is 4.05. The van der Waals surface area contributed by atoms with E-state index in [-0.39, 0.29) is 0 Å². The average Bonchev–Trinajstić information content (AvgIpc) is 3.25. The highest BCUT2D eigenvalue weighted by Crippen LogP contribution is 2.63. The molecule has 0 aromatic rings. The third-order valence-corrected chi connectivity index (χ3v) is 31.5. The van der Waals surface area contributed by atoms with Crippen molar-refractivity contribution in [2.24, 2.45) is 5.92 Å². The van der Waals surface area contributed by atoms with Crippen LogP contribution in [0.4, 0.5) is 0 Å². The molecule has 0 aromatic carbocycles. The molecule has 7 heteroatoms. The second-order valence-electron chi connectivity index (χ2n) is 17.0. The van der Waals surface area contributed by atoms with Crippen molar-refractivity contribution >= 4 is 40.7 Å². The minimum absolute atomic E-state index is 0.714. The Balaban J connectivity index is 0.000000208. The van der Waals surface area contributed by atoms with E-state index in [9.17, 15) is 0 Å². The maximum absolute atomic E-state index is 2.75. The SMILES string of the molecule is CC1C=C([Si](C)(C)C)C=C1[Si]1(N(C)C)CCC1.CN(C)[Si]1(C2CC([Si](C)(C)C)CC2[Si](C)(C)C)CCC1. The van der Waals surface area contributed by atoms with E-state index in [4.69, 9.17) is 0 Å². The molecule has 2 nitrogen and oxygen atoms in total. The van der Waals surface area contributed by atoms with Crippen LogP contribution in [0.25, 0.3) is 0 Å². The third kappa shape index (κ3) is 6.38. The molecule has 37 heavy (non-hydrogen) atoms. The lowest BCUT2D eigenvalue weighted by molar-refractivity contribution is 0.527. The van der Waals surface area contributed by atoms with Crippen molar-refractivity contribution < 1.29 is 0 Å². The summed E-state index contributed by atoms with van der Waals surface area (Å²) in [4.78, 5) is 0. The first-order valence-electron chi connectivity index (χ1n) is 15.5. The number of hydrogen-bond donors (Lipinski definition) is 0.